The van der Waals surface area contributed by atoms with Gasteiger partial charge in [0.15, 0.2) is 12.4 Å². The smallest absolute Gasteiger partial charge is 0.341 e. The number of ketones is 1. The number of benzene rings is 1. The molecular weight excluding hydrogens is 378 g/mol. The number of Topliss-reactive ketones (excluding diaryl/α,β-unsaturated/α-hetero) is 1. The molecule has 0 saturated carbocycles. The van der Waals surface area contributed by atoms with Crippen molar-refractivity contribution in [3.05, 3.63) is 45.3 Å². The molecule has 0 unspecified atom stereocenters. The Balaban J connectivity index is 2.15. The van der Waals surface area contributed by atoms with E-state index in [9.17, 15) is 14.4 Å². The molecule has 0 fully saturated rings. The second-order valence-electron chi connectivity index (χ2n) is 5.33. The van der Waals surface area contributed by atoms with E-state index >= 15 is 0 Å². The molecule has 8 heteroatoms. The van der Waals surface area contributed by atoms with E-state index in [4.69, 9.17) is 21.1 Å². The van der Waals surface area contributed by atoms with Crippen LogP contribution in [0.4, 0.5) is 5.00 Å². The molecule has 0 aliphatic heterocycles. The predicted molar refractivity (Wildman–Crippen MR) is 101 cm³/mol. The average molecular weight is 396 g/mol. The van der Waals surface area contributed by atoms with Crippen LogP contribution in [0.3, 0.4) is 0 Å². The molecule has 0 atom stereocenters. The summed E-state index contributed by atoms with van der Waals surface area (Å²) in [7, 11) is 0. The van der Waals surface area contributed by atoms with Crippen molar-refractivity contribution < 1.29 is 23.9 Å². The molecule has 1 aromatic carbocycles. The van der Waals surface area contributed by atoms with E-state index in [1.54, 1.807) is 38.1 Å². The number of amides is 1. The molecule has 0 saturated heterocycles. The fourth-order valence-electron chi connectivity index (χ4n) is 2.23. The number of nitrogens with one attached hydrogen (secondary N) is 1. The van der Waals surface area contributed by atoms with Gasteiger partial charge in [-0.1, -0.05) is 11.6 Å². The second kappa shape index (κ2) is 8.82. The highest BCUT2D eigenvalue weighted by atomic mass is 35.5. The van der Waals surface area contributed by atoms with Gasteiger partial charge in [-0.15, -0.1) is 11.3 Å². The van der Waals surface area contributed by atoms with Crippen molar-refractivity contribution in [2.45, 2.75) is 20.8 Å². The zero-order valence-corrected chi connectivity index (χ0v) is 16.1. The molecule has 138 valence electrons. The molecule has 0 aliphatic rings. The molecule has 1 N–H and O–H groups in total. The van der Waals surface area contributed by atoms with Gasteiger partial charge < -0.3 is 14.8 Å². The molecule has 26 heavy (non-hydrogen) atoms. The summed E-state index contributed by atoms with van der Waals surface area (Å²) in [6, 6.07) is 6.58. The molecular formula is C18H18ClNO5S. The van der Waals surface area contributed by atoms with E-state index in [1.807, 2.05) is 0 Å². The van der Waals surface area contributed by atoms with Crippen LogP contribution >= 0.6 is 22.9 Å². The Morgan fingerprint density at radius 2 is 1.85 bits per heavy atom. The Morgan fingerprint density at radius 1 is 1.19 bits per heavy atom. The number of esters is 1. The van der Waals surface area contributed by atoms with Gasteiger partial charge in [-0.2, -0.15) is 0 Å². The summed E-state index contributed by atoms with van der Waals surface area (Å²) in [6.07, 6.45) is 0. The van der Waals surface area contributed by atoms with Crippen LogP contribution in [0.2, 0.25) is 5.02 Å². The highest BCUT2D eigenvalue weighted by Crippen LogP contribution is 2.34. The Kier molecular flexibility index (Phi) is 6.76. The van der Waals surface area contributed by atoms with Crippen molar-refractivity contribution >= 4 is 45.6 Å². The van der Waals surface area contributed by atoms with Crippen molar-refractivity contribution in [2.24, 2.45) is 0 Å². The lowest BCUT2D eigenvalue weighted by Crippen LogP contribution is -2.21. The Labute approximate surface area is 160 Å². The minimum absolute atomic E-state index is 0.184. The van der Waals surface area contributed by atoms with E-state index in [2.05, 4.69) is 5.32 Å². The average Bonchev–Trinajstić information content (AvgIpc) is 2.91. The van der Waals surface area contributed by atoms with Gasteiger partial charge in [-0.3, -0.25) is 9.59 Å². The highest BCUT2D eigenvalue weighted by molar-refractivity contribution is 7.18. The van der Waals surface area contributed by atoms with Crippen LogP contribution in [0, 0.1) is 6.92 Å². The Hall–Kier alpha value is -2.38. The van der Waals surface area contributed by atoms with Crippen molar-refractivity contribution in [1.82, 2.24) is 0 Å². The Bertz CT molecular complexity index is 829. The monoisotopic (exact) mass is 395 g/mol. The van der Waals surface area contributed by atoms with E-state index in [0.717, 1.165) is 11.3 Å². The molecule has 0 aliphatic carbocycles. The third kappa shape index (κ3) is 4.83. The van der Waals surface area contributed by atoms with E-state index in [0.29, 0.717) is 21.2 Å². The van der Waals surface area contributed by atoms with Crippen LogP contribution in [0.1, 0.15) is 39.4 Å². The van der Waals surface area contributed by atoms with Crippen LogP contribution < -0.4 is 10.1 Å². The topological polar surface area (TPSA) is 81.7 Å². The number of anilines is 1. The van der Waals surface area contributed by atoms with E-state index in [-0.39, 0.29) is 29.6 Å². The third-order valence-corrected chi connectivity index (χ3v) is 4.94. The van der Waals surface area contributed by atoms with Crippen LogP contribution in [0.25, 0.3) is 0 Å². The maximum Gasteiger partial charge on any atom is 0.341 e. The van der Waals surface area contributed by atoms with E-state index < -0.39 is 11.9 Å². The molecule has 1 aromatic heterocycles. The van der Waals surface area contributed by atoms with Gasteiger partial charge in [0, 0.05) is 5.02 Å². The van der Waals surface area contributed by atoms with Gasteiger partial charge in [0.05, 0.1) is 17.0 Å². The lowest BCUT2D eigenvalue weighted by Gasteiger charge is -2.08. The molecule has 1 amide bonds. The van der Waals surface area contributed by atoms with Crippen molar-refractivity contribution in [3.63, 3.8) is 0 Å². The van der Waals surface area contributed by atoms with Gasteiger partial charge >= 0.3 is 5.97 Å². The summed E-state index contributed by atoms with van der Waals surface area (Å²) in [5, 5.41) is 3.46. The number of hydrogen-bond acceptors (Lipinski definition) is 6. The van der Waals surface area contributed by atoms with Gasteiger partial charge in [-0.05, 0) is 50.6 Å². The predicted octanol–water partition coefficient (Wildman–Crippen LogP) is 4.11. The molecule has 1 heterocycles. The minimum atomic E-state index is -0.581. The van der Waals surface area contributed by atoms with Gasteiger partial charge in [-0.25, -0.2) is 4.79 Å². The van der Waals surface area contributed by atoms with Crippen molar-refractivity contribution in [1.29, 1.82) is 0 Å². The SMILES string of the molecule is CCOC(=O)c1c(NC(=O)COc2ccc(Cl)cc2)sc(C(C)=O)c1C. The molecule has 0 bridgehead atoms. The summed E-state index contributed by atoms with van der Waals surface area (Å²) in [4.78, 5) is 36.5. The number of ether oxygens (including phenoxy) is 2. The summed E-state index contributed by atoms with van der Waals surface area (Å²) in [5.41, 5.74) is 0.691. The summed E-state index contributed by atoms with van der Waals surface area (Å²) >= 11 is 6.84. The lowest BCUT2D eigenvalue weighted by atomic mass is 10.1. The van der Waals surface area contributed by atoms with Crippen LogP contribution in [0.5, 0.6) is 5.75 Å². The van der Waals surface area contributed by atoms with Crippen molar-refractivity contribution in [3.8, 4) is 5.75 Å². The first-order valence-electron chi connectivity index (χ1n) is 7.83. The number of halogens is 1. The van der Waals surface area contributed by atoms with Crippen LogP contribution in [0.15, 0.2) is 24.3 Å². The number of carbonyl (C=O) groups excluding carboxylic acids is 3. The fourth-order valence-corrected chi connectivity index (χ4v) is 3.46. The summed E-state index contributed by atoms with van der Waals surface area (Å²) < 4.78 is 10.4. The standard InChI is InChI=1S/C18H18ClNO5S/c1-4-24-18(23)15-10(2)16(11(3)21)26-17(15)20-14(22)9-25-13-7-5-12(19)6-8-13/h5-8H,4,9H2,1-3H3,(H,20,22). The first kappa shape index (κ1) is 19.9. The van der Waals surface area contributed by atoms with Gasteiger partial charge in [0.2, 0.25) is 0 Å². The second-order valence-corrected chi connectivity index (χ2v) is 6.78. The zero-order chi connectivity index (χ0) is 19.3. The van der Waals surface area contributed by atoms with Crippen molar-refractivity contribution in [2.75, 3.05) is 18.5 Å². The molecule has 0 radical (unpaired) electrons. The number of thiophene rings is 1. The maximum atomic E-state index is 12.2. The van der Waals surface area contributed by atoms with Gasteiger partial charge in [0.25, 0.3) is 5.91 Å². The summed E-state index contributed by atoms with van der Waals surface area (Å²) in [6.45, 7) is 4.68. The number of rotatable bonds is 7. The van der Waals surface area contributed by atoms with Crippen LogP contribution in [-0.2, 0) is 9.53 Å². The van der Waals surface area contributed by atoms with E-state index in [1.165, 1.54) is 6.92 Å². The molecule has 6 nitrogen and oxygen atoms in total. The summed E-state index contributed by atoms with van der Waals surface area (Å²) in [5.74, 6) is -0.734. The molecule has 0 spiro atoms. The highest BCUT2D eigenvalue weighted by Gasteiger charge is 2.25. The normalized spacial score (nSPS) is 10.3. The number of hydrogen-bond donors (Lipinski definition) is 1. The Morgan fingerprint density at radius 3 is 2.42 bits per heavy atom. The minimum Gasteiger partial charge on any atom is -0.484 e. The molecule has 2 rings (SSSR count). The molecule has 2 aromatic rings. The van der Waals surface area contributed by atoms with Gasteiger partial charge in [0.1, 0.15) is 10.8 Å². The first-order chi connectivity index (χ1) is 12.3. The lowest BCUT2D eigenvalue weighted by molar-refractivity contribution is -0.118. The maximum absolute atomic E-state index is 12.2. The van der Waals surface area contributed by atoms with Crippen LogP contribution in [-0.4, -0.2) is 30.9 Å². The quantitative estimate of drug-likeness (QED) is 0.563. The fraction of sp³-hybridized carbons (Fsp3) is 0.278. The first-order valence-corrected chi connectivity index (χ1v) is 9.02. The number of carbonyl (C=O) groups is 3. The third-order valence-electron chi connectivity index (χ3n) is 3.38. The zero-order valence-electron chi connectivity index (χ0n) is 14.6. The largest absolute Gasteiger partial charge is 0.484 e.